The van der Waals surface area contributed by atoms with Crippen LogP contribution in [0.25, 0.3) is 0 Å². The third-order valence-electron chi connectivity index (χ3n) is 5.55. The maximum Gasteiger partial charge on any atom is 0.407 e. The van der Waals surface area contributed by atoms with Crippen LogP contribution in [0.15, 0.2) is 29.3 Å². The monoisotopic (exact) mass is 574 g/mol. The first-order valence-electron chi connectivity index (χ1n) is 11.5. The number of hydrogen-bond donors (Lipinski definition) is 2. The van der Waals surface area contributed by atoms with Gasteiger partial charge in [-0.2, -0.15) is 0 Å². The van der Waals surface area contributed by atoms with Crippen molar-refractivity contribution in [3.8, 4) is 0 Å². The zero-order chi connectivity index (χ0) is 23.0. The van der Waals surface area contributed by atoms with Crippen molar-refractivity contribution in [3.63, 3.8) is 0 Å². The predicted octanol–water partition coefficient (Wildman–Crippen LogP) is 3.67. The van der Waals surface area contributed by atoms with Crippen LogP contribution in [-0.2, 0) is 27.4 Å². The molecule has 0 aliphatic carbocycles. The number of ether oxygens (including phenoxy) is 3. The molecule has 0 saturated carbocycles. The third kappa shape index (κ3) is 9.66. The molecule has 9 heteroatoms. The number of nitrogens with one attached hydrogen (secondary N) is 2. The largest absolute Gasteiger partial charge is 0.444 e. The summed E-state index contributed by atoms with van der Waals surface area (Å²) in [7, 11) is 1.79. The molecular weight excluding hydrogens is 535 g/mol. The number of likely N-dealkylation sites (tertiary alicyclic amines) is 1. The maximum absolute atomic E-state index is 12.0. The van der Waals surface area contributed by atoms with E-state index in [1.165, 1.54) is 11.1 Å². The summed E-state index contributed by atoms with van der Waals surface area (Å²) in [6.45, 7) is 10.1. The van der Waals surface area contributed by atoms with Gasteiger partial charge in [-0.15, -0.1) is 24.0 Å². The van der Waals surface area contributed by atoms with E-state index in [1.807, 2.05) is 20.8 Å². The van der Waals surface area contributed by atoms with Gasteiger partial charge in [0.2, 0.25) is 0 Å². The summed E-state index contributed by atoms with van der Waals surface area (Å²) in [6.07, 6.45) is 2.76. The Balaban J connectivity index is 0.00000385. The van der Waals surface area contributed by atoms with Gasteiger partial charge >= 0.3 is 6.09 Å². The molecule has 33 heavy (non-hydrogen) atoms. The molecular formula is C24H39IN4O4. The summed E-state index contributed by atoms with van der Waals surface area (Å²) in [5.41, 5.74) is 1.87. The molecule has 2 aliphatic heterocycles. The number of carbonyl (C=O) groups excluding carboxylic acids is 1. The average molecular weight is 575 g/mol. The molecule has 1 amide bonds. The molecule has 2 heterocycles. The highest BCUT2D eigenvalue weighted by Gasteiger charge is 2.27. The van der Waals surface area contributed by atoms with Crippen molar-refractivity contribution in [1.29, 1.82) is 0 Å². The Hall–Kier alpha value is -1.59. The fourth-order valence-electron chi connectivity index (χ4n) is 3.87. The second kappa shape index (κ2) is 13.3. The first kappa shape index (κ1) is 27.7. The summed E-state index contributed by atoms with van der Waals surface area (Å²) in [6, 6.07) is 8.55. The maximum atomic E-state index is 12.0. The van der Waals surface area contributed by atoms with Crippen molar-refractivity contribution >= 4 is 36.0 Å². The van der Waals surface area contributed by atoms with Gasteiger partial charge in [0.25, 0.3) is 0 Å². The molecule has 0 unspecified atom stereocenters. The number of rotatable bonds is 6. The normalized spacial score (nSPS) is 19.7. The van der Waals surface area contributed by atoms with Crippen LogP contribution in [0.5, 0.6) is 0 Å². The summed E-state index contributed by atoms with van der Waals surface area (Å²) in [4.78, 5) is 18.6. The van der Waals surface area contributed by atoms with E-state index in [-0.39, 0.29) is 36.1 Å². The molecule has 186 valence electrons. The van der Waals surface area contributed by atoms with E-state index in [0.29, 0.717) is 25.8 Å². The van der Waals surface area contributed by atoms with E-state index in [0.717, 1.165) is 45.0 Å². The minimum absolute atomic E-state index is 0. The Bertz CT molecular complexity index is 761. The number of nitrogens with zero attached hydrogens (tertiary/aromatic N) is 2. The summed E-state index contributed by atoms with van der Waals surface area (Å²) >= 11 is 0. The Morgan fingerprint density at radius 2 is 1.82 bits per heavy atom. The smallest absolute Gasteiger partial charge is 0.407 e. The molecule has 0 bridgehead atoms. The fourth-order valence-corrected chi connectivity index (χ4v) is 3.87. The first-order valence-corrected chi connectivity index (χ1v) is 11.5. The highest BCUT2D eigenvalue weighted by molar-refractivity contribution is 14.0. The van der Waals surface area contributed by atoms with Crippen LogP contribution in [0.1, 0.15) is 51.2 Å². The molecule has 0 aromatic heterocycles. The second-order valence-corrected chi connectivity index (χ2v) is 9.42. The van der Waals surface area contributed by atoms with Gasteiger partial charge in [-0.05, 0) is 51.2 Å². The average Bonchev–Trinajstić information content (AvgIpc) is 3.21. The lowest BCUT2D eigenvalue weighted by molar-refractivity contribution is -0.0390. The number of hydrogen-bond acceptors (Lipinski definition) is 5. The van der Waals surface area contributed by atoms with E-state index >= 15 is 0 Å². The first-order chi connectivity index (χ1) is 15.3. The molecule has 1 aromatic carbocycles. The van der Waals surface area contributed by atoms with Gasteiger partial charge in [0.15, 0.2) is 5.96 Å². The quantitative estimate of drug-likeness (QED) is 0.307. The zero-order valence-corrected chi connectivity index (χ0v) is 22.6. The molecule has 8 nitrogen and oxygen atoms in total. The van der Waals surface area contributed by atoms with Gasteiger partial charge in [0.1, 0.15) is 5.60 Å². The lowest BCUT2D eigenvalue weighted by atomic mass is 10.1. The Labute approximate surface area is 214 Å². The van der Waals surface area contributed by atoms with E-state index in [4.69, 9.17) is 14.2 Å². The summed E-state index contributed by atoms with van der Waals surface area (Å²) in [5.74, 6) is 0.838. The molecule has 1 aromatic rings. The molecule has 2 aliphatic rings. The van der Waals surface area contributed by atoms with Crippen LogP contribution in [0.2, 0.25) is 0 Å². The Kier molecular flexibility index (Phi) is 11.2. The minimum Gasteiger partial charge on any atom is -0.444 e. The van der Waals surface area contributed by atoms with Crippen molar-refractivity contribution in [2.75, 3.05) is 33.4 Å². The van der Waals surface area contributed by atoms with Gasteiger partial charge in [0.05, 0.1) is 18.8 Å². The number of carbonyl (C=O) groups is 1. The Morgan fingerprint density at radius 1 is 1.15 bits per heavy atom. The fraction of sp³-hybridized carbons (Fsp3) is 0.667. The molecule has 2 fully saturated rings. The van der Waals surface area contributed by atoms with Gasteiger partial charge in [-0.1, -0.05) is 24.3 Å². The molecule has 2 saturated heterocycles. The second-order valence-electron chi connectivity index (χ2n) is 9.42. The van der Waals surface area contributed by atoms with Crippen molar-refractivity contribution in [3.05, 3.63) is 35.4 Å². The van der Waals surface area contributed by atoms with E-state index in [1.54, 1.807) is 7.05 Å². The number of benzene rings is 1. The summed E-state index contributed by atoms with van der Waals surface area (Å²) < 4.78 is 16.7. The van der Waals surface area contributed by atoms with Crippen molar-refractivity contribution < 1.29 is 19.0 Å². The highest BCUT2D eigenvalue weighted by Crippen LogP contribution is 2.15. The third-order valence-corrected chi connectivity index (χ3v) is 5.55. The van der Waals surface area contributed by atoms with Crippen LogP contribution in [0, 0.1) is 0 Å². The van der Waals surface area contributed by atoms with E-state index in [2.05, 4.69) is 44.8 Å². The minimum atomic E-state index is -0.494. The number of guanidine groups is 1. The van der Waals surface area contributed by atoms with Gasteiger partial charge in [0, 0.05) is 39.9 Å². The predicted molar refractivity (Wildman–Crippen MR) is 140 cm³/mol. The number of amides is 1. The number of aliphatic imine (C=N–C) groups is 1. The lowest BCUT2D eigenvalue weighted by Gasteiger charge is -2.23. The van der Waals surface area contributed by atoms with Crippen LogP contribution in [0.4, 0.5) is 4.79 Å². The van der Waals surface area contributed by atoms with Gasteiger partial charge in [-0.3, -0.25) is 4.99 Å². The van der Waals surface area contributed by atoms with Crippen LogP contribution < -0.4 is 10.6 Å². The van der Waals surface area contributed by atoms with Crippen LogP contribution >= 0.6 is 24.0 Å². The number of halogens is 1. The lowest BCUT2D eigenvalue weighted by Crippen LogP contribution is -2.44. The van der Waals surface area contributed by atoms with Gasteiger partial charge < -0.3 is 29.7 Å². The van der Waals surface area contributed by atoms with E-state index in [9.17, 15) is 4.79 Å². The van der Waals surface area contributed by atoms with Crippen molar-refractivity contribution in [1.82, 2.24) is 15.5 Å². The zero-order valence-electron chi connectivity index (χ0n) is 20.3. The standard InChI is InChI=1S/C24H38N4O4.HI/c1-24(2,3)32-23(29)27-20-9-12-28(16-20)22(25-4)26-15-18-5-7-19(8-6-18)17-31-21-10-13-30-14-11-21;/h5-8,20-21H,9-17H2,1-4H3,(H,25,26)(H,27,29);1H/t20-;/m1./s1. The van der Waals surface area contributed by atoms with Crippen molar-refractivity contribution in [2.24, 2.45) is 4.99 Å². The molecule has 0 radical (unpaired) electrons. The highest BCUT2D eigenvalue weighted by atomic mass is 127. The molecule has 3 rings (SSSR count). The number of alkyl carbamates (subject to hydrolysis) is 1. The van der Waals surface area contributed by atoms with E-state index < -0.39 is 5.60 Å². The molecule has 2 N–H and O–H groups in total. The van der Waals surface area contributed by atoms with Crippen molar-refractivity contribution in [2.45, 2.75) is 70.9 Å². The van der Waals surface area contributed by atoms with Gasteiger partial charge in [-0.25, -0.2) is 4.79 Å². The SMILES string of the molecule is CN=C(NCc1ccc(COC2CCOCC2)cc1)N1CC[C@@H](NC(=O)OC(C)(C)C)C1.I. The molecule has 0 spiro atoms. The Morgan fingerprint density at radius 3 is 2.45 bits per heavy atom. The molecule has 1 atom stereocenters. The van der Waals surface area contributed by atoms with Crippen LogP contribution in [-0.4, -0.2) is 68.1 Å². The topological polar surface area (TPSA) is 84.4 Å². The van der Waals surface area contributed by atoms with Crippen LogP contribution in [0.3, 0.4) is 0 Å². The summed E-state index contributed by atoms with van der Waals surface area (Å²) in [5, 5.41) is 6.39.